The van der Waals surface area contributed by atoms with Gasteiger partial charge in [-0.25, -0.2) is 0 Å². The van der Waals surface area contributed by atoms with Gasteiger partial charge >= 0.3 is 0 Å². The smallest absolute Gasteiger partial charge is 0.131 e. The summed E-state index contributed by atoms with van der Waals surface area (Å²) < 4.78 is 7.90. The lowest BCUT2D eigenvalue weighted by Crippen LogP contribution is -2.00. The number of nitrogens with zero attached hydrogens (tertiary/aromatic N) is 3. The minimum Gasteiger partial charge on any atom is -0.488 e. The largest absolute Gasteiger partial charge is 0.488 e. The lowest BCUT2D eigenvalue weighted by atomic mass is 10.1. The molecule has 4 nitrogen and oxygen atoms in total. The van der Waals surface area contributed by atoms with Gasteiger partial charge in [-0.05, 0) is 42.3 Å². The average Bonchev–Trinajstić information content (AvgIpc) is 3.13. The second-order valence-corrected chi connectivity index (χ2v) is 6.90. The first kappa shape index (κ1) is 18.1. The summed E-state index contributed by atoms with van der Waals surface area (Å²) in [5, 5.41) is 10.8. The zero-order chi connectivity index (χ0) is 19.5. The van der Waals surface area contributed by atoms with Crippen LogP contribution in [0.3, 0.4) is 0 Å². The number of hydrogen-bond donors (Lipinski definition) is 0. The van der Waals surface area contributed by atoms with Crippen LogP contribution in [0.1, 0.15) is 23.9 Å². The molecule has 5 heteroatoms. The molecule has 0 atom stereocenters. The summed E-state index contributed by atoms with van der Waals surface area (Å²) in [5.41, 5.74) is 4.39. The van der Waals surface area contributed by atoms with E-state index in [-0.39, 0.29) is 0 Å². The molecule has 2 heterocycles. The topological polar surface area (TPSA) is 50.8 Å². The molecule has 0 aliphatic heterocycles. The Bertz CT molecular complexity index is 1170. The molecule has 0 N–H and O–H groups in total. The molecule has 0 saturated heterocycles. The van der Waals surface area contributed by atoms with Gasteiger partial charge in [0, 0.05) is 29.0 Å². The zero-order valence-corrected chi connectivity index (χ0v) is 16.1. The molecule has 4 rings (SSSR count). The van der Waals surface area contributed by atoms with E-state index in [0.717, 1.165) is 40.0 Å². The van der Waals surface area contributed by atoms with Crippen molar-refractivity contribution in [3.8, 4) is 17.5 Å². The molecule has 4 aromatic rings. The van der Waals surface area contributed by atoms with Crippen LogP contribution in [0.4, 0.5) is 0 Å². The van der Waals surface area contributed by atoms with Crippen molar-refractivity contribution < 1.29 is 4.74 Å². The van der Waals surface area contributed by atoms with Crippen LogP contribution < -0.4 is 4.74 Å². The van der Waals surface area contributed by atoms with E-state index in [9.17, 15) is 5.26 Å². The Kier molecular flexibility index (Phi) is 5.01. The predicted octanol–water partition coefficient (Wildman–Crippen LogP) is 5.69. The quantitative estimate of drug-likeness (QED) is 0.442. The highest BCUT2D eigenvalue weighted by atomic mass is 35.5. The number of pyridine rings is 1. The van der Waals surface area contributed by atoms with Crippen LogP contribution in [-0.2, 0) is 13.0 Å². The SMILES string of the molecule is CCc1cc(OCc2ccc(-n3cc(Cl)cc3C#N)cc2)c2ccccc2n1. The Balaban J connectivity index is 1.56. The first-order valence-corrected chi connectivity index (χ1v) is 9.44. The van der Waals surface area contributed by atoms with Gasteiger partial charge in [0.2, 0.25) is 0 Å². The van der Waals surface area contributed by atoms with E-state index < -0.39 is 0 Å². The molecule has 0 amide bonds. The highest BCUT2D eigenvalue weighted by Gasteiger charge is 2.08. The maximum Gasteiger partial charge on any atom is 0.131 e. The highest BCUT2D eigenvalue weighted by molar-refractivity contribution is 6.30. The fraction of sp³-hybridized carbons (Fsp3) is 0.130. The summed E-state index contributed by atoms with van der Waals surface area (Å²) in [7, 11) is 0. The maximum atomic E-state index is 9.23. The van der Waals surface area contributed by atoms with Gasteiger partial charge in [-0.2, -0.15) is 5.26 Å². The summed E-state index contributed by atoms with van der Waals surface area (Å²) in [6.07, 6.45) is 2.59. The number of nitriles is 1. The fourth-order valence-electron chi connectivity index (χ4n) is 3.14. The van der Waals surface area contributed by atoms with E-state index in [0.29, 0.717) is 17.3 Å². The number of fused-ring (bicyclic) bond motifs is 1. The molecular formula is C23H18ClN3O. The predicted molar refractivity (Wildman–Crippen MR) is 111 cm³/mol. The molecule has 138 valence electrons. The number of hydrogen-bond acceptors (Lipinski definition) is 3. The molecule has 28 heavy (non-hydrogen) atoms. The van der Waals surface area contributed by atoms with E-state index in [4.69, 9.17) is 16.3 Å². The van der Waals surface area contributed by atoms with Gasteiger partial charge in [-0.3, -0.25) is 4.98 Å². The van der Waals surface area contributed by atoms with E-state index >= 15 is 0 Å². The second kappa shape index (κ2) is 7.75. The molecule has 2 aromatic heterocycles. The molecule has 2 aromatic carbocycles. The summed E-state index contributed by atoms with van der Waals surface area (Å²) in [5.74, 6) is 0.843. The van der Waals surface area contributed by atoms with Crippen LogP contribution in [-0.4, -0.2) is 9.55 Å². The third-order valence-electron chi connectivity index (χ3n) is 4.60. The Morgan fingerprint density at radius 2 is 1.89 bits per heavy atom. The van der Waals surface area contributed by atoms with Crippen LogP contribution in [0.15, 0.2) is 66.9 Å². The van der Waals surface area contributed by atoms with Crippen molar-refractivity contribution >= 4 is 22.5 Å². The lowest BCUT2D eigenvalue weighted by molar-refractivity contribution is 0.309. The first-order chi connectivity index (χ1) is 13.7. The van der Waals surface area contributed by atoms with Crippen molar-refractivity contribution in [1.29, 1.82) is 5.26 Å². The Hall–Kier alpha value is -3.29. The first-order valence-electron chi connectivity index (χ1n) is 9.06. The van der Waals surface area contributed by atoms with Crippen molar-refractivity contribution in [3.05, 3.63) is 88.8 Å². The van der Waals surface area contributed by atoms with Crippen LogP contribution in [0.25, 0.3) is 16.6 Å². The van der Waals surface area contributed by atoms with E-state index in [1.165, 1.54) is 0 Å². The standard InChI is InChI=1S/C23H18ClN3O/c1-2-18-12-23(21-5-3-4-6-22(21)26-18)28-15-16-7-9-19(10-8-16)27-14-17(24)11-20(27)13-25/h3-12,14H,2,15H2,1H3. The second-order valence-electron chi connectivity index (χ2n) is 6.46. The van der Waals surface area contributed by atoms with E-state index in [1.54, 1.807) is 16.8 Å². The fourth-order valence-corrected chi connectivity index (χ4v) is 3.34. The molecule has 0 unspecified atom stereocenters. The number of benzene rings is 2. The number of ether oxygens (including phenoxy) is 1. The number of rotatable bonds is 5. The summed E-state index contributed by atoms with van der Waals surface area (Å²) in [6, 6.07) is 21.7. The number of para-hydroxylation sites is 1. The lowest BCUT2D eigenvalue weighted by Gasteiger charge is -2.12. The minimum absolute atomic E-state index is 0.453. The van der Waals surface area contributed by atoms with Gasteiger partial charge in [0.05, 0.1) is 10.5 Å². The summed E-state index contributed by atoms with van der Waals surface area (Å²) >= 11 is 6.02. The van der Waals surface area contributed by atoms with Crippen molar-refractivity contribution in [3.63, 3.8) is 0 Å². The third kappa shape index (κ3) is 3.58. The maximum absolute atomic E-state index is 9.23. The van der Waals surface area contributed by atoms with Crippen molar-refractivity contribution in [2.24, 2.45) is 0 Å². The molecule has 0 aliphatic carbocycles. The number of aromatic nitrogens is 2. The summed E-state index contributed by atoms with van der Waals surface area (Å²) in [6.45, 7) is 2.54. The van der Waals surface area contributed by atoms with Gasteiger partial charge < -0.3 is 9.30 Å². The normalized spacial score (nSPS) is 10.8. The van der Waals surface area contributed by atoms with Crippen LogP contribution >= 0.6 is 11.6 Å². The molecule has 0 spiro atoms. The van der Waals surface area contributed by atoms with Crippen molar-refractivity contribution in [2.75, 3.05) is 0 Å². The summed E-state index contributed by atoms with van der Waals surface area (Å²) in [4.78, 5) is 4.65. The molecule has 0 saturated carbocycles. The third-order valence-corrected chi connectivity index (χ3v) is 4.81. The molecule has 0 bridgehead atoms. The van der Waals surface area contributed by atoms with Crippen LogP contribution in [0.2, 0.25) is 5.02 Å². The molecular weight excluding hydrogens is 370 g/mol. The van der Waals surface area contributed by atoms with Gasteiger partial charge in [0.1, 0.15) is 24.1 Å². The zero-order valence-electron chi connectivity index (χ0n) is 15.4. The molecule has 0 radical (unpaired) electrons. The molecule has 0 aliphatic rings. The van der Waals surface area contributed by atoms with Crippen LogP contribution in [0.5, 0.6) is 5.75 Å². The Morgan fingerprint density at radius 3 is 2.64 bits per heavy atom. The van der Waals surface area contributed by atoms with E-state index in [2.05, 4.69) is 18.0 Å². The van der Waals surface area contributed by atoms with Crippen LogP contribution in [0, 0.1) is 11.3 Å². The minimum atomic E-state index is 0.453. The number of aryl methyl sites for hydroxylation is 1. The van der Waals surface area contributed by atoms with Gasteiger partial charge in [-0.1, -0.05) is 42.8 Å². The van der Waals surface area contributed by atoms with Gasteiger partial charge in [0.25, 0.3) is 0 Å². The van der Waals surface area contributed by atoms with Crippen molar-refractivity contribution in [1.82, 2.24) is 9.55 Å². The monoisotopic (exact) mass is 387 g/mol. The Morgan fingerprint density at radius 1 is 1.11 bits per heavy atom. The average molecular weight is 388 g/mol. The Labute approximate surface area is 168 Å². The molecule has 0 fully saturated rings. The van der Waals surface area contributed by atoms with Crippen molar-refractivity contribution in [2.45, 2.75) is 20.0 Å². The number of halogens is 1. The highest BCUT2D eigenvalue weighted by Crippen LogP contribution is 2.27. The van der Waals surface area contributed by atoms with Gasteiger partial charge in [0.15, 0.2) is 0 Å². The van der Waals surface area contributed by atoms with Gasteiger partial charge in [-0.15, -0.1) is 0 Å². The van der Waals surface area contributed by atoms with E-state index in [1.807, 2.05) is 54.6 Å².